The maximum atomic E-state index is 13.8. The summed E-state index contributed by atoms with van der Waals surface area (Å²) in [5.74, 6) is 0.361. The molecular weight excluding hydrogens is 439 g/mol. The van der Waals surface area contributed by atoms with Gasteiger partial charge < -0.3 is 25.6 Å². The zero-order chi connectivity index (χ0) is 24.3. The molecular formula is C25H29FN4O4. The van der Waals surface area contributed by atoms with E-state index in [2.05, 4.69) is 15.6 Å². The lowest BCUT2D eigenvalue weighted by Crippen LogP contribution is -2.34. The van der Waals surface area contributed by atoms with Gasteiger partial charge in [-0.3, -0.25) is 9.69 Å². The van der Waals surface area contributed by atoms with Crippen LogP contribution >= 0.6 is 0 Å². The molecule has 9 heteroatoms. The third-order valence-corrected chi connectivity index (χ3v) is 5.90. The molecule has 1 amide bonds. The van der Waals surface area contributed by atoms with Crippen molar-refractivity contribution in [1.29, 1.82) is 0 Å². The third kappa shape index (κ3) is 4.96. The molecule has 0 atom stereocenters. The molecule has 3 heterocycles. The number of nitrogens with zero attached hydrogens (tertiary/aromatic N) is 2. The maximum absolute atomic E-state index is 13.8. The Bertz CT molecular complexity index is 1120. The molecule has 0 bridgehead atoms. The number of amides is 1. The SMILES string of the molecule is CC1(C)OC(=C2C(=O)Nc3ccc(F)cc32)C=C1c1ccc(NCCN(CCO)CCO)nc1. The molecule has 0 saturated heterocycles. The van der Waals surface area contributed by atoms with E-state index in [0.717, 1.165) is 11.1 Å². The Hall–Kier alpha value is -3.27. The number of aliphatic hydroxyl groups is 2. The van der Waals surface area contributed by atoms with Crippen molar-refractivity contribution in [3.05, 3.63) is 65.3 Å². The lowest BCUT2D eigenvalue weighted by atomic mass is 9.93. The average molecular weight is 469 g/mol. The van der Waals surface area contributed by atoms with Crippen LogP contribution in [-0.2, 0) is 9.53 Å². The molecule has 0 unspecified atom stereocenters. The number of hydrogen-bond acceptors (Lipinski definition) is 7. The van der Waals surface area contributed by atoms with E-state index in [9.17, 15) is 9.18 Å². The summed E-state index contributed by atoms with van der Waals surface area (Å²) < 4.78 is 20.0. The Labute approximate surface area is 197 Å². The van der Waals surface area contributed by atoms with Crippen molar-refractivity contribution in [2.75, 3.05) is 50.0 Å². The van der Waals surface area contributed by atoms with Crippen LogP contribution in [0.1, 0.15) is 25.0 Å². The van der Waals surface area contributed by atoms with Gasteiger partial charge in [0.1, 0.15) is 23.0 Å². The Morgan fingerprint density at radius 2 is 1.91 bits per heavy atom. The first-order valence-corrected chi connectivity index (χ1v) is 11.2. The van der Waals surface area contributed by atoms with Crippen LogP contribution in [0.3, 0.4) is 0 Å². The number of carbonyl (C=O) groups excluding carboxylic acids is 1. The Morgan fingerprint density at radius 3 is 2.59 bits per heavy atom. The molecule has 8 nitrogen and oxygen atoms in total. The number of benzene rings is 1. The van der Waals surface area contributed by atoms with Gasteiger partial charge in [-0.25, -0.2) is 9.37 Å². The molecule has 34 heavy (non-hydrogen) atoms. The van der Waals surface area contributed by atoms with Gasteiger partial charge in [0.05, 0.1) is 18.8 Å². The topological polar surface area (TPSA) is 107 Å². The number of aliphatic hydroxyl groups excluding tert-OH is 2. The molecule has 0 spiro atoms. The highest BCUT2D eigenvalue weighted by Gasteiger charge is 2.38. The second-order valence-corrected chi connectivity index (χ2v) is 8.70. The molecule has 4 N–H and O–H groups in total. The van der Waals surface area contributed by atoms with Gasteiger partial charge in [-0.1, -0.05) is 0 Å². The van der Waals surface area contributed by atoms with E-state index < -0.39 is 11.4 Å². The van der Waals surface area contributed by atoms with Gasteiger partial charge in [-0.2, -0.15) is 0 Å². The number of aromatic nitrogens is 1. The summed E-state index contributed by atoms with van der Waals surface area (Å²) in [5, 5.41) is 24.2. The lowest BCUT2D eigenvalue weighted by Gasteiger charge is -2.23. The van der Waals surface area contributed by atoms with Crippen LogP contribution < -0.4 is 10.6 Å². The second kappa shape index (κ2) is 9.92. The summed E-state index contributed by atoms with van der Waals surface area (Å²) in [4.78, 5) is 19.1. The highest BCUT2D eigenvalue weighted by atomic mass is 19.1. The first kappa shape index (κ1) is 23.9. The minimum atomic E-state index is -0.704. The van der Waals surface area contributed by atoms with Crippen LogP contribution in [0.4, 0.5) is 15.9 Å². The molecule has 0 aliphatic carbocycles. The standard InChI is InChI=1S/C25H29FN4O4/c1-25(2)19(14-21(34-25)23-18-13-17(26)4-5-20(18)29-24(23)33)16-3-6-22(28-15-16)27-7-8-30(9-11-31)10-12-32/h3-6,13-15,31-32H,7-12H2,1-2H3,(H,27,28)(H,29,33). The molecule has 180 valence electrons. The summed E-state index contributed by atoms with van der Waals surface area (Å²) in [6.45, 7) is 6.20. The minimum Gasteiger partial charge on any atom is -0.482 e. The van der Waals surface area contributed by atoms with Crippen molar-refractivity contribution in [3.8, 4) is 0 Å². The smallest absolute Gasteiger partial charge is 0.260 e. The Kier molecular flexibility index (Phi) is 6.97. The number of anilines is 2. The highest BCUT2D eigenvalue weighted by molar-refractivity contribution is 6.32. The number of ether oxygens (including phenoxy) is 1. The van der Waals surface area contributed by atoms with Crippen LogP contribution in [0.15, 0.2) is 48.4 Å². The molecule has 2 aromatic rings. The zero-order valence-electron chi connectivity index (χ0n) is 19.3. The molecule has 0 radical (unpaired) electrons. The molecule has 2 aliphatic rings. The van der Waals surface area contributed by atoms with E-state index in [1.54, 1.807) is 12.3 Å². The fraction of sp³-hybridized carbons (Fsp3) is 0.360. The van der Waals surface area contributed by atoms with Crippen LogP contribution in [-0.4, -0.2) is 71.0 Å². The fourth-order valence-corrected chi connectivity index (χ4v) is 4.22. The Balaban J connectivity index is 1.52. The number of rotatable bonds is 9. The Morgan fingerprint density at radius 1 is 1.15 bits per heavy atom. The first-order valence-electron chi connectivity index (χ1n) is 11.2. The van der Waals surface area contributed by atoms with Crippen molar-refractivity contribution in [2.45, 2.75) is 19.4 Å². The van der Waals surface area contributed by atoms with Gasteiger partial charge in [0, 0.05) is 54.8 Å². The van der Waals surface area contributed by atoms with E-state index in [0.29, 0.717) is 54.6 Å². The maximum Gasteiger partial charge on any atom is 0.260 e. The summed E-state index contributed by atoms with van der Waals surface area (Å²) in [7, 11) is 0. The quantitative estimate of drug-likeness (QED) is 0.419. The second-order valence-electron chi connectivity index (χ2n) is 8.70. The number of nitrogens with one attached hydrogen (secondary N) is 2. The van der Waals surface area contributed by atoms with Crippen molar-refractivity contribution in [1.82, 2.24) is 9.88 Å². The van der Waals surface area contributed by atoms with Gasteiger partial charge in [0.15, 0.2) is 0 Å². The molecule has 1 aromatic carbocycles. The number of fused-ring (bicyclic) bond motifs is 1. The number of carbonyl (C=O) groups is 1. The van der Waals surface area contributed by atoms with Crippen molar-refractivity contribution >= 4 is 28.6 Å². The number of hydrogen-bond donors (Lipinski definition) is 4. The summed E-state index contributed by atoms with van der Waals surface area (Å²) in [6, 6.07) is 7.99. The number of allylic oxidation sites excluding steroid dienone is 1. The molecule has 4 rings (SSSR count). The first-order chi connectivity index (χ1) is 16.3. The summed E-state index contributed by atoms with van der Waals surface area (Å²) >= 11 is 0. The van der Waals surface area contributed by atoms with Crippen LogP contribution in [0.2, 0.25) is 0 Å². The predicted octanol–water partition coefficient (Wildman–Crippen LogP) is 2.47. The fourth-order valence-electron chi connectivity index (χ4n) is 4.22. The third-order valence-electron chi connectivity index (χ3n) is 5.90. The van der Waals surface area contributed by atoms with Crippen LogP contribution in [0, 0.1) is 5.82 Å². The molecule has 2 aliphatic heterocycles. The van der Waals surface area contributed by atoms with Crippen LogP contribution in [0.5, 0.6) is 0 Å². The average Bonchev–Trinajstić information content (AvgIpc) is 3.28. The van der Waals surface area contributed by atoms with Crippen molar-refractivity contribution in [2.24, 2.45) is 0 Å². The van der Waals surface area contributed by atoms with Gasteiger partial charge in [-0.05, 0) is 50.3 Å². The minimum absolute atomic E-state index is 0.0419. The van der Waals surface area contributed by atoms with E-state index in [1.165, 1.54) is 12.1 Å². The van der Waals surface area contributed by atoms with Crippen LogP contribution in [0.25, 0.3) is 11.1 Å². The van der Waals surface area contributed by atoms with Crippen molar-refractivity contribution < 1.29 is 24.1 Å². The van der Waals surface area contributed by atoms with Gasteiger partial charge in [-0.15, -0.1) is 0 Å². The van der Waals surface area contributed by atoms with E-state index in [4.69, 9.17) is 14.9 Å². The zero-order valence-corrected chi connectivity index (χ0v) is 19.3. The number of pyridine rings is 1. The summed E-state index contributed by atoms with van der Waals surface area (Å²) in [5.41, 5.74) is 2.38. The molecule has 1 aromatic heterocycles. The predicted molar refractivity (Wildman–Crippen MR) is 128 cm³/mol. The summed E-state index contributed by atoms with van der Waals surface area (Å²) in [6.07, 6.45) is 3.56. The van der Waals surface area contributed by atoms with Crippen molar-refractivity contribution in [3.63, 3.8) is 0 Å². The number of halogens is 1. The van der Waals surface area contributed by atoms with Gasteiger partial charge in [0.25, 0.3) is 5.91 Å². The van der Waals surface area contributed by atoms with E-state index >= 15 is 0 Å². The molecule has 0 saturated carbocycles. The van der Waals surface area contributed by atoms with Gasteiger partial charge >= 0.3 is 0 Å². The molecule has 0 fully saturated rings. The van der Waals surface area contributed by atoms with Gasteiger partial charge in [0.2, 0.25) is 0 Å². The monoisotopic (exact) mass is 468 g/mol. The normalized spacial score (nSPS) is 18.5. The highest BCUT2D eigenvalue weighted by Crippen LogP contribution is 2.44. The largest absolute Gasteiger partial charge is 0.482 e. The lowest BCUT2D eigenvalue weighted by molar-refractivity contribution is -0.111. The van der Waals surface area contributed by atoms with E-state index in [1.807, 2.05) is 37.0 Å². The van der Waals surface area contributed by atoms with E-state index in [-0.39, 0.29) is 19.1 Å².